The van der Waals surface area contributed by atoms with Crippen LogP contribution in [0, 0.1) is 5.92 Å². The number of hydrogen-bond acceptors (Lipinski definition) is 4. The molecule has 0 radical (unpaired) electrons. The van der Waals surface area contributed by atoms with Crippen LogP contribution in [-0.2, 0) is 0 Å². The van der Waals surface area contributed by atoms with Gasteiger partial charge < -0.3 is 11.6 Å². The monoisotopic (exact) mass is 167 g/mol. The van der Waals surface area contributed by atoms with Gasteiger partial charge in [-0.3, -0.25) is 0 Å². The predicted octanol–water partition coefficient (Wildman–Crippen LogP) is 0.0876. The summed E-state index contributed by atoms with van der Waals surface area (Å²) in [5.74, 6) is 7.98. The first kappa shape index (κ1) is 7.39. The van der Waals surface area contributed by atoms with E-state index in [2.05, 4.69) is 17.1 Å². The van der Waals surface area contributed by atoms with Crippen molar-refractivity contribution in [3.63, 3.8) is 0 Å². The molecule has 2 rings (SSSR count). The SMILES string of the molecule is CCC1CC1c1nnc(N)n1N. The summed E-state index contributed by atoms with van der Waals surface area (Å²) in [7, 11) is 0. The number of hydrogen-bond donors (Lipinski definition) is 2. The molecule has 5 nitrogen and oxygen atoms in total. The van der Waals surface area contributed by atoms with Crippen molar-refractivity contribution >= 4 is 5.95 Å². The van der Waals surface area contributed by atoms with Crippen LogP contribution >= 0.6 is 0 Å². The number of anilines is 1. The normalized spacial score (nSPS) is 27.4. The molecule has 1 fully saturated rings. The molecular weight excluding hydrogens is 154 g/mol. The second-order valence-corrected chi connectivity index (χ2v) is 3.30. The highest BCUT2D eigenvalue weighted by Crippen LogP contribution is 2.48. The lowest BCUT2D eigenvalue weighted by molar-refractivity contribution is 0.724. The Labute approximate surface area is 70.7 Å². The molecule has 0 amide bonds. The zero-order chi connectivity index (χ0) is 8.72. The standard InChI is InChI=1S/C7H13N5/c1-2-4-3-5(4)6-10-11-7(8)12(6)9/h4-5H,2-3,9H2,1H3,(H2,8,11). The van der Waals surface area contributed by atoms with E-state index >= 15 is 0 Å². The highest BCUT2D eigenvalue weighted by molar-refractivity contribution is 5.22. The molecular formula is C7H13N5. The Kier molecular flexibility index (Phi) is 1.46. The molecule has 1 heterocycles. The molecule has 0 spiro atoms. The third kappa shape index (κ3) is 0.929. The lowest BCUT2D eigenvalue weighted by Gasteiger charge is -1.98. The lowest BCUT2D eigenvalue weighted by atomic mass is 10.2. The van der Waals surface area contributed by atoms with Crippen LogP contribution < -0.4 is 11.6 Å². The largest absolute Gasteiger partial charge is 0.366 e. The molecule has 2 unspecified atom stereocenters. The summed E-state index contributed by atoms with van der Waals surface area (Å²) in [6.07, 6.45) is 2.35. The molecule has 5 heteroatoms. The first-order valence-corrected chi connectivity index (χ1v) is 4.20. The van der Waals surface area contributed by atoms with Crippen LogP contribution in [0.4, 0.5) is 5.95 Å². The minimum atomic E-state index is 0.298. The average molecular weight is 167 g/mol. The van der Waals surface area contributed by atoms with E-state index in [1.807, 2.05) is 0 Å². The minimum Gasteiger partial charge on any atom is -0.366 e. The Hall–Kier alpha value is -1.26. The highest BCUT2D eigenvalue weighted by Gasteiger charge is 2.40. The van der Waals surface area contributed by atoms with Gasteiger partial charge in [-0.15, -0.1) is 10.2 Å². The van der Waals surface area contributed by atoms with Crippen molar-refractivity contribution in [3.8, 4) is 0 Å². The number of aromatic nitrogens is 3. The lowest BCUT2D eigenvalue weighted by Crippen LogP contribution is -2.15. The molecule has 1 aromatic heterocycles. The fourth-order valence-electron chi connectivity index (χ4n) is 1.58. The Morgan fingerprint density at radius 1 is 1.58 bits per heavy atom. The van der Waals surface area contributed by atoms with Gasteiger partial charge >= 0.3 is 0 Å². The van der Waals surface area contributed by atoms with Gasteiger partial charge in [-0.25, -0.2) is 4.68 Å². The van der Waals surface area contributed by atoms with Gasteiger partial charge in [-0.05, 0) is 12.3 Å². The predicted molar refractivity (Wildman–Crippen MR) is 45.7 cm³/mol. The van der Waals surface area contributed by atoms with E-state index in [0.29, 0.717) is 11.9 Å². The molecule has 1 aliphatic carbocycles. The van der Waals surface area contributed by atoms with E-state index in [9.17, 15) is 0 Å². The van der Waals surface area contributed by atoms with Gasteiger partial charge in [0.2, 0.25) is 5.95 Å². The van der Waals surface area contributed by atoms with E-state index in [-0.39, 0.29) is 0 Å². The molecule has 2 atom stereocenters. The first-order valence-electron chi connectivity index (χ1n) is 4.20. The second kappa shape index (κ2) is 2.36. The molecule has 1 saturated carbocycles. The molecule has 0 aromatic carbocycles. The average Bonchev–Trinajstić information content (AvgIpc) is 2.77. The van der Waals surface area contributed by atoms with E-state index in [1.54, 1.807) is 0 Å². The third-order valence-corrected chi connectivity index (χ3v) is 2.53. The number of rotatable bonds is 2. The molecule has 66 valence electrons. The summed E-state index contributed by atoms with van der Waals surface area (Å²) < 4.78 is 1.39. The van der Waals surface area contributed by atoms with E-state index < -0.39 is 0 Å². The van der Waals surface area contributed by atoms with Crippen molar-refractivity contribution in [2.24, 2.45) is 5.92 Å². The Morgan fingerprint density at radius 2 is 2.33 bits per heavy atom. The maximum Gasteiger partial charge on any atom is 0.240 e. The number of nitrogen functional groups attached to an aromatic ring is 2. The van der Waals surface area contributed by atoms with Crippen molar-refractivity contribution in [2.45, 2.75) is 25.7 Å². The number of nitrogens with two attached hydrogens (primary N) is 2. The summed E-state index contributed by atoms with van der Waals surface area (Å²) in [6.45, 7) is 2.17. The van der Waals surface area contributed by atoms with Gasteiger partial charge in [-0.2, -0.15) is 0 Å². The van der Waals surface area contributed by atoms with Gasteiger partial charge in [0.15, 0.2) is 5.82 Å². The second-order valence-electron chi connectivity index (χ2n) is 3.30. The third-order valence-electron chi connectivity index (χ3n) is 2.53. The summed E-state index contributed by atoms with van der Waals surface area (Å²) in [6, 6.07) is 0. The first-order chi connectivity index (χ1) is 5.74. The van der Waals surface area contributed by atoms with Gasteiger partial charge in [-0.1, -0.05) is 13.3 Å². The Morgan fingerprint density at radius 3 is 2.75 bits per heavy atom. The van der Waals surface area contributed by atoms with Crippen molar-refractivity contribution in [1.82, 2.24) is 14.9 Å². The Bertz CT molecular complexity index is 292. The van der Waals surface area contributed by atoms with Gasteiger partial charge in [0.1, 0.15) is 0 Å². The minimum absolute atomic E-state index is 0.298. The van der Waals surface area contributed by atoms with Crippen molar-refractivity contribution in [3.05, 3.63) is 5.82 Å². The maximum atomic E-state index is 5.63. The van der Waals surface area contributed by atoms with Crippen LogP contribution in [0.1, 0.15) is 31.5 Å². The van der Waals surface area contributed by atoms with Crippen LogP contribution in [0.25, 0.3) is 0 Å². The van der Waals surface area contributed by atoms with Crippen LogP contribution in [0.3, 0.4) is 0 Å². The molecule has 4 N–H and O–H groups in total. The van der Waals surface area contributed by atoms with Crippen molar-refractivity contribution in [1.29, 1.82) is 0 Å². The van der Waals surface area contributed by atoms with Gasteiger partial charge in [0.25, 0.3) is 0 Å². The van der Waals surface area contributed by atoms with Crippen LogP contribution in [0.2, 0.25) is 0 Å². The molecule has 0 saturated heterocycles. The topological polar surface area (TPSA) is 82.8 Å². The fraction of sp³-hybridized carbons (Fsp3) is 0.714. The molecule has 12 heavy (non-hydrogen) atoms. The summed E-state index contributed by atoms with van der Waals surface area (Å²) in [5.41, 5.74) is 5.46. The quantitative estimate of drug-likeness (QED) is 0.611. The summed E-state index contributed by atoms with van der Waals surface area (Å²) in [4.78, 5) is 0. The van der Waals surface area contributed by atoms with Crippen LogP contribution in [0.5, 0.6) is 0 Å². The van der Waals surface area contributed by atoms with E-state index in [0.717, 1.165) is 11.7 Å². The number of nitrogens with zero attached hydrogens (tertiary/aromatic N) is 3. The zero-order valence-corrected chi connectivity index (χ0v) is 7.07. The molecule has 0 bridgehead atoms. The van der Waals surface area contributed by atoms with Crippen LogP contribution in [0.15, 0.2) is 0 Å². The fourth-order valence-corrected chi connectivity index (χ4v) is 1.58. The molecule has 0 aliphatic heterocycles. The summed E-state index contributed by atoms with van der Waals surface area (Å²) >= 11 is 0. The molecule has 1 aliphatic rings. The van der Waals surface area contributed by atoms with Crippen molar-refractivity contribution < 1.29 is 0 Å². The van der Waals surface area contributed by atoms with Gasteiger partial charge in [0, 0.05) is 5.92 Å². The van der Waals surface area contributed by atoms with Crippen molar-refractivity contribution in [2.75, 3.05) is 11.6 Å². The van der Waals surface area contributed by atoms with E-state index in [1.165, 1.54) is 17.5 Å². The van der Waals surface area contributed by atoms with E-state index in [4.69, 9.17) is 11.6 Å². The maximum absolute atomic E-state index is 5.63. The molecule has 1 aromatic rings. The smallest absolute Gasteiger partial charge is 0.240 e. The highest BCUT2D eigenvalue weighted by atomic mass is 15.4. The summed E-state index contributed by atoms with van der Waals surface area (Å²) in [5, 5.41) is 7.65. The van der Waals surface area contributed by atoms with Crippen LogP contribution in [-0.4, -0.2) is 14.9 Å². The zero-order valence-electron chi connectivity index (χ0n) is 7.07. The Balaban J connectivity index is 2.20. The van der Waals surface area contributed by atoms with Gasteiger partial charge in [0.05, 0.1) is 0 Å².